The van der Waals surface area contributed by atoms with E-state index in [2.05, 4.69) is 0 Å². The van der Waals surface area contributed by atoms with E-state index >= 15 is 0 Å². The Bertz CT molecular complexity index is 584. The molecule has 0 aromatic heterocycles. The van der Waals surface area contributed by atoms with Crippen LogP contribution in [0.5, 0.6) is 5.75 Å². The van der Waals surface area contributed by atoms with Gasteiger partial charge in [-0.25, -0.2) is 4.39 Å². The minimum Gasteiger partial charge on any atom is -0.507 e. The van der Waals surface area contributed by atoms with Crippen molar-refractivity contribution >= 4 is 5.91 Å². The first-order valence-corrected chi connectivity index (χ1v) is 5.86. The highest BCUT2D eigenvalue weighted by atomic mass is 19.1. The van der Waals surface area contributed by atoms with Crippen LogP contribution in [-0.2, 0) is 6.54 Å². The summed E-state index contributed by atoms with van der Waals surface area (Å²) in [6.45, 7) is 0.398. The van der Waals surface area contributed by atoms with Gasteiger partial charge in [0.1, 0.15) is 11.6 Å². The Hall–Kier alpha value is -2.36. The molecule has 0 saturated heterocycles. The van der Waals surface area contributed by atoms with E-state index in [1.54, 1.807) is 7.05 Å². The molecule has 2 aromatic rings. The van der Waals surface area contributed by atoms with Crippen molar-refractivity contribution in [3.63, 3.8) is 0 Å². The SMILES string of the molecule is CN(Cc1ccccc1)C(=O)c1cc(F)ccc1O. The van der Waals surface area contributed by atoms with Gasteiger partial charge in [-0.2, -0.15) is 0 Å². The van der Waals surface area contributed by atoms with Crippen LogP contribution in [0.3, 0.4) is 0 Å². The average molecular weight is 259 g/mol. The highest BCUT2D eigenvalue weighted by Crippen LogP contribution is 2.20. The van der Waals surface area contributed by atoms with Gasteiger partial charge < -0.3 is 10.0 Å². The zero-order valence-corrected chi connectivity index (χ0v) is 10.5. The maximum Gasteiger partial charge on any atom is 0.257 e. The fourth-order valence-electron chi connectivity index (χ4n) is 1.81. The lowest BCUT2D eigenvalue weighted by Crippen LogP contribution is -2.26. The van der Waals surface area contributed by atoms with Crippen LogP contribution in [0.15, 0.2) is 48.5 Å². The van der Waals surface area contributed by atoms with Crippen molar-refractivity contribution in [3.05, 3.63) is 65.5 Å². The van der Waals surface area contributed by atoms with E-state index in [1.807, 2.05) is 30.3 Å². The number of benzene rings is 2. The third kappa shape index (κ3) is 3.10. The minimum absolute atomic E-state index is 0.0292. The summed E-state index contributed by atoms with van der Waals surface area (Å²) in [4.78, 5) is 13.6. The molecule has 3 nitrogen and oxygen atoms in total. The second-order valence-electron chi connectivity index (χ2n) is 4.31. The van der Waals surface area contributed by atoms with Gasteiger partial charge in [0.2, 0.25) is 0 Å². The van der Waals surface area contributed by atoms with E-state index in [-0.39, 0.29) is 11.3 Å². The smallest absolute Gasteiger partial charge is 0.257 e. The predicted octanol–water partition coefficient (Wildman–Crippen LogP) is 2.80. The van der Waals surface area contributed by atoms with Crippen LogP contribution >= 0.6 is 0 Å². The summed E-state index contributed by atoms with van der Waals surface area (Å²) in [7, 11) is 1.61. The first-order chi connectivity index (χ1) is 9.08. The van der Waals surface area contributed by atoms with Crippen molar-refractivity contribution in [2.24, 2.45) is 0 Å². The van der Waals surface area contributed by atoms with Crippen LogP contribution in [0.1, 0.15) is 15.9 Å². The lowest BCUT2D eigenvalue weighted by molar-refractivity contribution is 0.0781. The molecule has 0 unspecified atom stereocenters. The lowest BCUT2D eigenvalue weighted by atomic mass is 10.1. The van der Waals surface area contributed by atoms with Crippen molar-refractivity contribution in [2.75, 3.05) is 7.05 Å². The molecular formula is C15H14FNO2. The first kappa shape index (κ1) is 13.1. The maximum absolute atomic E-state index is 13.1. The number of halogens is 1. The van der Waals surface area contributed by atoms with Gasteiger partial charge in [0.25, 0.3) is 5.91 Å². The molecule has 0 bridgehead atoms. The topological polar surface area (TPSA) is 40.5 Å². The molecule has 0 spiro atoms. The van der Waals surface area contributed by atoms with Gasteiger partial charge >= 0.3 is 0 Å². The summed E-state index contributed by atoms with van der Waals surface area (Å²) in [6, 6.07) is 12.8. The molecule has 19 heavy (non-hydrogen) atoms. The molecule has 1 N–H and O–H groups in total. The Morgan fingerprint density at radius 1 is 1.21 bits per heavy atom. The van der Waals surface area contributed by atoms with E-state index in [0.717, 1.165) is 17.7 Å². The van der Waals surface area contributed by atoms with E-state index < -0.39 is 11.7 Å². The van der Waals surface area contributed by atoms with Gasteiger partial charge in [0.15, 0.2) is 0 Å². The van der Waals surface area contributed by atoms with E-state index in [4.69, 9.17) is 0 Å². The number of amides is 1. The van der Waals surface area contributed by atoms with Crippen LogP contribution in [0.25, 0.3) is 0 Å². The summed E-state index contributed by atoms with van der Waals surface area (Å²) >= 11 is 0. The van der Waals surface area contributed by atoms with Gasteiger partial charge in [0, 0.05) is 13.6 Å². The highest BCUT2D eigenvalue weighted by Gasteiger charge is 2.16. The molecule has 0 fully saturated rings. The molecule has 2 aromatic carbocycles. The molecule has 98 valence electrons. The second-order valence-corrected chi connectivity index (χ2v) is 4.31. The fraction of sp³-hybridized carbons (Fsp3) is 0.133. The average Bonchev–Trinajstić information content (AvgIpc) is 2.42. The summed E-state index contributed by atoms with van der Waals surface area (Å²) < 4.78 is 13.1. The van der Waals surface area contributed by atoms with Crippen LogP contribution in [0, 0.1) is 5.82 Å². The Morgan fingerprint density at radius 2 is 1.89 bits per heavy atom. The second kappa shape index (κ2) is 5.52. The number of nitrogens with zero attached hydrogens (tertiary/aromatic N) is 1. The number of rotatable bonds is 3. The highest BCUT2D eigenvalue weighted by molar-refractivity contribution is 5.96. The monoisotopic (exact) mass is 259 g/mol. The molecule has 2 rings (SSSR count). The maximum atomic E-state index is 13.1. The minimum atomic E-state index is -0.547. The zero-order valence-electron chi connectivity index (χ0n) is 10.5. The molecule has 0 aliphatic carbocycles. The van der Waals surface area contributed by atoms with Crippen molar-refractivity contribution < 1.29 is 14.3 Å². The van der Waals surface area contributed by atoms with E-state index in [0.29, 0.717) is 6.54 Å². The molecule has 0 aliphatic heterocycles. The molecule has 0 aliphatic rings. The van der Waals surface area contributed by atoms with E-state index in [9.17, 15) is 14.3 Å². The summed E-state index contributed by atoms with van der Waals surface area (Å²) in [6.07, 6.45) is 0. The molecular weight excluding hydrogens is 245 g/mol. The third-order valence-corrected chi connectivity index (χ3v) is 2.80. The number of aromatic hydroxyl groups is 1. The van der Waals surface area contributed by atoms with Crippen molar-refractivity contribution in [2.45, 2.75) is 6.54 Å². The van der Waals surface area contributed by atoms with Crippen molar-refractivity contribution in [1.29, 1.82) is 0 Å². The number of carbonyl (C=O) groups is 1. The fourth-order valence-corrected chi connectivity index (χ4v) is 1.81. The molecule has 0 radical (unpaired) electrons. The standard InChI is InChI=1S/C15H14FNO2/c1-17(10-11-5-3-2-4-6-11)15(19)13-9-12(16)7-8-14(13)18/h2-9,18H,10H2,1H3. The van der Waals surface area contributed by atoms with Crippen LogP contribution < -0.4 is 0 Å². The molecule has 0 heterocycles. The van der Waals surface area contributed by atoms with Gasteiger partial charge in [-0.05, 0) is 23.8 Å². The number of hydrogen-bond acceptors (Lipinski definition) is 2. The summed E-state index contributed by atoms with van der Waals surface area (Å²) in [5.74, 6) is -1.18. The van der Waals surface area contributed by atoms with Crippen LogP contribution in [0.4, 0.5) is 4.39 Å². The summed E-state index contributed by atoms with van der Waals surface area (Å²) in [5, 5.41) is 9.61. The van der Waals surface area contributed by atoms with Crippen LogP contribution in [0.2, 0.25) is 0 Å². The molecule has 1 amide bonds. The quantitative estimate of drug-likeness (QED) is 0.920. The number of phenolic OH excluding ortho intramolecular Hbond substituents is 1. The number of carbonyl (C=O) groups excluding carboxylic acids is 1. The Balaban J connectivity index is 2.17. The van der Waals surface area contributed by atoms with Crippen molar-refractivity contribution in [3.8, 4) is 5.75 Å². The normalized spacial score (nSPS) is 10.2. The van der Waals surface area contributed by atoms with Crippen molar-refractivity contribution in [1.82, 2.24) is 4.90 Å². The Morgan fingerprint density at radius 3 is 2.58 bits per heavy atom. The number of phenols is 1. The van der Waals surface area contributed by atoms with Gasteiger partial charge in [-0.1, -0.05) is 30.3 Å². The predicted molar refractivity (Wildman–Crippen MR) is 70.3 cm³/mol. The Labute approximate surface area is 110 Å². The van der Waals surface area contributed by atoms with Gasteiger partial charge in [-0.3, -0.25) is 4.79 Å². The van der Waals surface area contributed by atoms with Gasteiger partial charge in [0.05, 0.1) is 5.56 Å². The number of hydrogen-bond donors (Lipinski definition) is 1. The third-order valence-electron chi connectivity index (χ3n) is 2.80. The summed E-state index contributed by atoms with van der Waals surface area (Å²) in [5.41, 5.74) is 0.938. The van der Waals surface area contributed by atoms with Crippen LogP contribution in [-0.4, -0.2) is 23.0 Å². The lowest BCUT2D eigenvalue weighted by Gasteiger charge is -2.18. The zero-order chi connectivity index (χ0) is 13.8. The largest absolute Gasteiger partial charge is 0.507 e. The molecule has 0 saturated carbocycles. The Kier molecular flexibility index (Phi) is 3.80. The van der Waals surface area contributed by atoms with Gasteiger partial charge in [-0.15, -0.1) is 0 Å². The molecule has 0 atom stereocenters. The first-order valence-electron chi connectivity index (χ1n) is 5.86. The molecule has 4 heteroatoms. The van der Waals surface area contributed by atoms with E-state index in [1.165, 1.54) is 11.0 Å².